The van der Waals surface area contributed by atoms with Crippen LogP contribution in [-0.4, -0.2) is 6.54 Å². The van der Waals surface area contributed by atoms with E-state index in [1.54, 1.807) is 11.3 Å². The molecule has 0 aliphatic carbocycles. The number of benzene rings is 1. The van der Waals surface area contributed by atoms with Gasteiger partial charge < -0.3 is 11.1 Å². The van der Waals surface area contributed by atoms with Crippen LogP contribution in [0, 0.1) is 0 Å². The molecular formula is C14H18N2S. The maximum atomic E-state index is 6.12. The Morgan fingerprint density at radius 3 is 2.65 bits per heavy atom. The van der Waals surface area contributed by atoms with Gasteiger partial charge in [0.1, 0.15) is 0 Å². The van der Waals surface area contributed by atoms with E-state index < -0.39 is 0 Å². The van der Waals surface area contributed by atoms with Gasteiger partial charge in [0, 0.05) is 17.5 Å². The fourth-order valence-electron chi connectivity index (χ4n) is 1.75. The van der Waals surface area contributed by atoms with E-state index >= 15 is 0 Å². The molecule has 3 heteroatoms. The molecule has 2 nitrogen and oxygen atoms in total. The molecule has 17 heavy (non-hydrogen) atoms. The number of thiophene rings is 1. The van der Waals surface area contributed by atoms with Gasteiger partial charge in [0.25, 0.3) is 0 Å². The Morgan fingerprint density at radius 1 is 1.12 bits per heavy atom. The van der Waals surface area contributed by atoms with Crippen LogP contribution in [0.25, 0.3) is 0 Å². The molecule has 0 bridgehead atoms. The van der Waals surface area contributed by atoms with Crippen molar-refractivity contribution in [1.82, 2.24) is 5.32 Å². The second-order valence-electron chi connectivity index (χ2n) is 4.06. The summed E-state index contributed by atoms with van der Waals surface area (Å²) in [6.45, 7) is 1.90. The molecule has 0 aliphatic heterocycles. The van der Waals surface area contributed by atoms with E-state index in [1.807, 2.05) is 18.2 Å². The maximum Gasteiger partial charge on any atom is 0.0306 e. The summed E-state index contributed by atoms with van der Waals surface area (Å²) in [4.78, 5) is 1.37. The van der Waals surface area contributed by atoms with Crippen LogP contribution in [0.4, 0.5) is 0 Å². The highest BCUT2D eigenvalue weighted by Crippen LogP contribution is 2.12. The van der Waals surface area contributed by atoms with Gasteiger partial charge in [-0.15, -0.1) is 11.3 Å². The molecule has 0 aliphatic rings. The molecule has 2 rings (SSSR count). The number of hydrogen-bond acceptors (Lipinski definition) is 3. The molecule has 0 fully saturated rings. The van der Waals surface area contributed by atoms with Crippen LogP contribution in [0.15, 0.2) is 47.8 Å². The highest BCUT2D eigenvalue weighted by molar-refractivity contribution is 7.09. The van der Waals surface area contributed by atoms with E-state index in [1.165, 1.54) is 10.4 Å². The first-order valence-corrected chi connectivity index (χ1v) is 6.78. The Kier molecular flexibility index (Phi) is 4.74. The lowest BCUT2D eigenvalue weighted by atomic mass is 10.1. The third-order valence-electron chi connectivity index (χ3n) is 2.74. The standard InChI is InChI=1S/C14H18N2S/c15-14(12-5-2-1-3-6-12)8-9-16-11-13-7-4-10-17-13/h1-7,10,14,16H,8-9,11,15H2. The summed E-state index contributed by atoms with van der Waals surface area (Å²) in [6.07, 6.45) is 0.968. The van der Waals surface area contributed by atoms with Gasteiger partial charge in [-0.3, -0.25) is 0 Å². The van der Waals surface area contributed by atoms with Gasteiger partial charge in [-0.2, -0.15) is 0 Å². The molecule has 90 valence electrons. The minimum Gasteiger partial charge on any atom is -0.324 e. The average molecular weight is 246 g/mol. The quantitative estimate of drug-likeness (QED) is 0.769. The fraction of sp³-hybridized carbons (Fsp3) is 0.286. The van der Waals surface area contributed by atoms with Gasteiger partial charge in [-0.05, 0) is 30.0 Å². The monoisotopic (exact) mass is 246 g/mol. The van der Waals surface area contributed by atoms with E-state index in [9.17, 15) is 0 Å². The summed E-state index contributed by atoms with van der Waals surface area (Å²) in [6, 6.07) is 14.6. The Balaban J connectivity index is 1.68. The maximum absolute atomic E-state index is 6.12. The second kappa shape index (κ2) is 6.55. The molecule has 1 aromatic carbocycles. The molecular weight excluding hydrogens is 228 g/mol. The normalized spacial score (nSPS) is 12.5. The van der Waals surface area contributed by atoms with Crippen LogP contribution < -0.4 is 11.1 Å². The Morgan fingerprint density at radius 2 is 1.94 bits per heavy atom. The zero-order chi connectivity index (χ0) is 11.9. The number of rotatable bonds is 6. The Labute approximate surface area is 106 Å². The molecule has 1 heterocycles. The van der Waals surface area contributed by atoms with Crippen molar-refractivity contribution in [3.05, 3.63) is 58.3 Å². The minimum atomic E-state index is 0.132. The van der Waals surface area contributed by atoms with Crippen molar-refractivity contribution < 1.29 is 0 Å². The van der Waals surface area contributed by atoms with Gasteiger partial charge >= 0.3 is 0 Å². The molecule has 0 saturated heterocycles. The van der Waals surface area contributed by atoms with Gasteiger partial charge in [0.05, 0.1) is 0 Å². The summed E-state index contributed by atoms with van der Waals surface area (Å²) in [7, 11) is 0. The SMILES string of the molecule is NC(CCNCc1cccs1)c1ccccc1. The van der Waals surface area contributed by atoms with Crippen molar-refractivity contribution in [2.75, 3.05) is 6.54 Å². The van der Waals surface area contributed by atoms with Crippen LogP contribution in [0.2, 0.25) is 0 Å². The van der Waals surface area contributed by atoms with Crippen LogP contribution in [-0.2, 0) is 6.54 Å². The van der Waals surface area contributed by atoms with Crippen molar-refractivity contribution in [3.63, 3.8) is 0 Å². The van der Waals surface area contributed by atoms with Crippen LogP contribution in [0.5, 0.6) is 0 Å². The predicted octanol–water partition coefficient (Wildman–Crippen LogP) is 2.93. The summed E-state index contributed by atoms with van der Waals surface area (Å²) in [5.74, 6) is 0. The molecule has 0 amide bonds. The summed E-state index contributed by atoms with van der Waals surface area (Å²) >= 11 is 1.78. The van der Waals surface area contributed by atoms with Crippen molar-refractivity contribution in [3.8, 4) is 0 Å². The topological polar surface area (TPSA) is 38.0 Å². The number of nitrogens with two attached hydrogens (primary N) is 1. The predicted molar refractivity (Wildman–Crippen MR) is 74.0 cm³/mol. The van der Waals surface area contributed by atoms with Gasteiger partial charge in [0.2, 0.25) is 0 Å². The van der Waals surface area contributed by atoms with Crippen LogP contribution >= 0.6 is 11.3 Å². The van der Waals surface area contributed by atoms with Gasteiger partial charge in [0.15, 0.2) is 0 Å². The smallest absolute Gasteiger partial charge is 0.0306 e. The largest absolute Gasteiger partial charge is 0.324 e. The van der Waals surface area contributed by atoms with Crippen LogP contribution in [0.3, 0.4) is 0 Å². The van der Waals surface area contributed by atoms with Crippen molar-refractivity contribution in [2.45, 2.75) is 19.0 Å². The third kappa shape index (κ3) is 3.97. The minimum absolute atomic E-state index is 0.132. The van der Waals surface area contributed by atoms with Crippen molar-refractivity contribution in [1.29, 1.82) is 0 Å². The lowest BCUT2D eigenvalue weighted by Gasteiger charge is -2.12. The molecule has 3 N–H and O–H groups in total. The summed E-state index contributed by atoms with van der Waals surface area (Å²) < 4.78 is 0. The van der Waals surface area contributed by atoms with Gasteiger partial charge in [-0.1, -0.05) is 36.4 Å². The first-order chi connectivity index (χ1) is 8.36. The molecule has 1 atom stereocenters. The lowest BCUT2D eigenvalue weighted by molar-refractivity contribution is 0.582. The van der Waals surface area contributed by atoms with Crippen molar-refractivity contribution in [2.24, 2.45) is 5.73 Å². The summed E-state index contributed by atoms with van der Waals surface area (Å²) in [5.41, 5.74) is 7.33. The second-order valence-corrected chi connectivity index (χ2v) is 5.09. The Hall–Kier alpha value is -1.16. The average Bonchev–Trinajstić information content (AvgIpc) is 2.88. The zero-order valence-corrected chi connectivity index (χ0v) is 10.6. The zero-order valence-electron chi connectivity index (χ0n) is 9.80. The summed E-state index contributed by atoms with van der Waals surface area (Å²) in [5, 5.41) is 5.52. The van der Waals surface area contributed by atoms with Crippen LogP contribution in [0.1, 0.15) is 22.9 Å². The fourth-order valence-corrected chi connectivity index (χ4v) is 2.42. The van der Waals surface area contributed by atoms with E-state index in [4.69, 9.17) is 5.73 Å². The van der Waals surface area contributed by atoms with E-state index in [-0.39, 0.29) is 6.04 Å². The first kappa shape index (κ1) is 12.3. The van der Waals surface area contributed by atoms with E-state index in [2.05, 4.69) is 35.0 Å². The first-order valence-electron chi connectivity index (χ1n) is 5.90. The van der Waals surface area contributed by atoms with Crippen molar-refractivity contribution >= 4 is 11.3 Å². The third-order valence-corrected chi connectivity index (χ3v) is 3.62. The molecule has 0 radical (unpaired) electrons. The lowest BCUT2D eigenvalue weighted by Crippen LogP contribution is -2.20. The van der Waals surface area contributed by atoms with E-state index in [0.717, 1.165) is 19.5 Å². The molecule has 1 unspecified atom stereocenters. The molecule has 0 spiro atoms. The molecule has 1 aromatic heterocycles. The number of nitrogens with one attached hydrogen (secondary N) is 1. The number of hydrogen-bond donors (Lipinski definition) is 2. The molecule has 2 aromatic rings. The highest BCUT2D eigenvalue weighted by Gasteiger charge is 2.04. The highest BCUT2D eigenvalue weighted by atomic mass is 32.1. The van der Waals surface area contributed by atoms with Gasteiger partial charge in [-0.25, -0.2) is 0 Å². The Bertz CT molecular complexity index is 411. The van der Waals surface area contributed by atoms with E-state index in [0.29, 0.717) is 0 Å². The molecule has 0 saturated carbocycles.